The number of allylic oxidation sites excluding steroid dienone is 2. The zero-order valence-electron chi connectivity index (χ0n) is 29.5. The van der Waals surface area contributed by atoms with Crippen molar-refractivity contribution in [2.24, 2.45) is 11.8 Å². The molecule has 49 heavy (non-hydrogen) atoms. The van der Waals surface area contributed by atoms with Crippen LogP contribution in [0, 0.1) is 32.3 Å². The van der Waals surface area contributed by atoms with Gasteiger partial charge in [0.05, 0.1) is 11.3 Å². The number of furan rings is 1. The Labute approximate surface area is 303 Å². The molecule has 3 aromatic carbocycles. The molecular weight excluding hydrogens is 797 g/mol. The van der Waals surface area contributed by atoms with Crippen molar-refractivity contribution < 1.29 is 43.2 Å². The molecule has 265 valence electrons. The number of para-hydroxylation sites is 1. The molecule has 1 saturated carbocycles. The summed E-state index contributed by atoms with van der Waals surface area (Å²) in [5.74, 6) is -1.78. The number of aliphatic hydroxyl groups excluding tert-OH is 1. The van der Waals surface area contributed by atoms with E-state index in [1.165, 1.54) is 6.08 Å². The van der Waals surface area contributed by atoms with Crippen molar-refractivity contribution in [1.29, 1.82) is 0 Å². The third kappa shape index (κ3) is 9.04. The second-order valence-electron chi connectivity index (χ2n) is 12.9. The molecule has 7 heteroatoms. The van der Waals surface area contributed by atoms with Crippen LogP contribution in [0.3, 0.4) is 0 Å². The summed E-state index contributed by atoms with van der Waals surface area (Å²) in [6, 6.07) is 21.9. The average molecular weight is 846 g/mol. The van der Waals surface area contributed by atoms with Gasteiger partial charge in [-0.3, -0.25) is 4.79 Å². The van der Waals surface area contributed by atoms with Crippen LogP contribution in [0.1, 0.15) is 96.1 Å². The zero-order valence-corrected chi connectivity index (χ0v) is 31.9. The molecule has 2 aromatic heterocycles. The quantitative estimate of drug-likeness (QED) is 0.0912. The second kappa shape index (κ2) is 17.5. The van der Waals surface area contributed by atoms with Crippen molar-refractivity contribution >= 4 is 38.5 Å². The fourth-order valence-corrected chi connectivity index (χ4v) is 6.87. The molecule has 1 aliphatic carbocycles. The van der Waals surface area contributed by atoms with Gasteiger partial charge in [-0.2, -0.15) is 0 Å². The van der Waals surface area contributed by atoms with Crippen LogP contribution in [0.25, 0.3) is 44.0 Å². The number of fused-ring (bicyclic) bond motifs is 4. The number of hydrogen-bond donors (Lipinski definition) is 1. The maximum atomic E-state index is 13.6. The van der Waals surface area contributed by atoms with Gasteiger partial charge in [-0.1, -0.05) is 82.0 Å². The number of carbonyl (C=O) groups excluding carboxylic acids is 1. The molecule has 0 atom stereocenters. The topological polar surface area (TPSA) is 63.3 Å². The largest absolute Gasteiger partial charge is 0.512 e. The predicted molar refractivity (Wildman–Crippen MR) is 194 cm³/mol. The van der Waals surface area contributed by atoms with Gasteiger partial charge in [0, 0.05) is 62.4 Å². The number of alkyl halides is 2. The normalized spacial score (nSPS) is 14.8. The Bertz CT molecular complexity index is 1880. The van der Waals surface area contributed by atoms with Crippen molar-refractivity contribution in [2.45, 2.75) is 97.8 Å². The SMILES string of the molecule is CCC(CC)C(=O)/C=C(\O)C(CC)CC.Cc1[c-]c(-c2nccc3cc(C4CCC(F)(F)CC4)ccc23)c2oc3ccccc3c2c1.[CH3-].[Ir]. The number of aliphatic hydroxyl groups is 1. The molecule has 0 unspecified atom stereocenters. The number of aryl methyl sites for hydroxylation is 1. The van der Waals surface area contributed by atoms with Crippen LogP contribution in [0.5, 0.6) is 0 Å². The van der Waals surface area contributed by atoms with Crippen LogP contribution in [0.2, 0.25) is 0 Å². The Morgan fingerprint density at radius 2 is 1.61 bits per heavy atom. The van der Waals surface area contributed by atoms with Gasteiger partial charge in [-0.15, -0.1) is 17.7 Å². The summed E-state index contributed by atoms with van der Waals surface area (Å²) in [5.41, 5.74) is 5.48. The Morgan fingerprint density at radius 3 is 2.27 bits per heavy atom. The standard InChI is InChI=1S/C28H22F2NO.C13H24O2.CH3.Ir/c1-17-14-23-22-4-2-3-5-25(22)32-27(23)24(15-17)26-21-7-6-19(16-20(21)10-13-31-26)18-8-11-28(29,30)12-9-18;1-5-10(6-2)12(14)9-13(15)11(7-3)8-4;;/h2-7,10,13-14,16,18H,8-9,11-12H2,1H3;9-11,14H,5-8H2,1-4H3;1H3;/q-1;;-1;/b;12-9-;;. The first kappa shape index (κ1) is 40.0. The number of nitrogens with zero attached hydrogens (tertiary/aromatic N) is 1. The molecule has 1 radical (unpaired) electrons. The molecule has 1 N–H and O–H groups in total. The Morgan fingerprint density at radius 1 is 0.959 bits per heavy atom. The van der Waals surface area contributed by atoms with Crippen molar-refractivity contribution in [3.8, 4) is 11.3 Å². The van der Waals surface area contributed by atoms with Crippen molar-refractivity contribution in [1.82, 2.24) is 4.98 Å². The van der Waals surface area contributed by atoms with E-state index in [4.69, 9.17) is 9.40 Å². The molecule has 1 aliphatic rings. The van der Waals surface area contributed by atoms with Gasteiger partial charge in [0.1, 0.15) is 5.58 Å². The summed E-state index contributed by atoms with van der Waals surface area (Å²) >= 11 is 0. The molecule has 0 spiro atoms. The molecular formula is C42H49F2IrNO3-2. The zero-order chi connectivity index (χ0) is 33.7. The minimum atomic E-state index is -2.51. The van der Waals surface area contributed by atoms with Crippen LogP contribution in [0.4, 0.5) is 8.78 Å². The summed E-state index contributed by atoms with van der Waals surface area (Å²) < 4.78 is 33.4. The molecule has 1 fully saturated rings. The van der Waals surface area contributed by atoms with Crippen molar-refractivity contribution in [3.05, 3.63) is 97.2 Å². The van der Waals surface area contributed by atoms with E-state index in [2.05, 4.69) is 36.4 Å². The van der Waals surface area contributed by atoms with E-state index in [0.717, 1.165) is 80.8 Å². The van der Waals surface area contributed by atoms with Crippen molar-refractivity contribution in [2.75, 3.05) is 0 Å². The maximum absolute atomic E-state index is 13.6. The fourth-order valence-electron chi connectivity index (χ4n) is 6.87. The van der Waals surface area contributed by atoms with E-state index in [9.17, 15) is 18.7 Å². The Kier molecular flexibility index (Phi) is 14.3. The van der Waals surface area contributed by atoms with Crippen LogP contribution < -0.4 is 0 Å². The van der Waals surface area contributed by atoms with Gasteiger partial charge in [-0.05, 0) is 78.6 Å². The molecule has 2 heterocycles. The third-order valence-electron chi connectivity index (χ3n) is 9.84. The van der Waals surface area contributed by atoms with Gasteiger partial charge < -0.3 is 21.9 Å². The number of carbonyl (C=O) groups is 1. The van der Waals surface area contributed by atoms with E-state index in [-0.39, 0.29) is 69.7 Å². The first-order valence-electron chi connectivity index (χ1n) is 17.1. The predicted octanol–water partition coefficient (Wildman–Crippen LogP) is 12.5. The van der Waals surface area contributed by atoms with E-state index < -0.39 is 5.92 Å². The van der Waals surface area contributed by atoms with Gasteiger partial charge in [0.15, 0.2) is 5.78 Å². The van der Waals surface area contributed by atoms with Crippen LogP contribution >= 0.6 is 0 Å². The number of pyridine rings is 1. The summed E-state index contributed by atoms with van der Waals surface area (Å²) in [4.78, 5) is 16.4. The Balaban J connectivity index is 0.000000330. The van der Waals surface area contributed by atoms with Crippen LogP contribution in [0.15, 0.2) is 77.0 Å². The van der Waals surface area contributed by atoms with Crippen LogP contribution in [-0.2, 0) is 24.9 Å². The van der Waals surface area contributed by atoms with Gasteiger partial charge in [0.25, 0.3) is 0 Å². The van der Waals surface area contributed by atoms with E-state index in [1.807, 2.05) is 58.9 Å². The van der Waals surface area contributed by atoms with E-state index >= 15 is 0 Å². The third-order valence-corrected chi connectivity index (χ3v) is 9.84. The Hall–Kier alpha value is -3.41. The number of aromatic nitrogens is 1. The average Bonchev–Trinajstić information content (AvgIpc) is 3.44. The molecule has 0 bridgehead atoms. The molecule has 4 nitrogen and oxygen atoms in total. The monoisotopic (exact) mass is 846 g/mol. The van der Waals surface area contributed by atoms with Crippen LogP contribution in [-0.4, -0.2) is 21.8 Å². The number of halogens is 2. The number of hydrogen-bond acceptors (Lipinski definition) is 4. The number of ketones is 1. The minimum Gasteiger partial charge on any atom is -0.512 e. The molecule has 5 aromatic rings. The molecule has 0 aliphatic heterocycles. The first-order valence-corrected chi connectivity index (χ1v) is 17.1. The maximum Gasteiger partial charge on any atom is 0.248 e. The van der Waals surface area contributed by atoms with E-state index in [1.54, 1.807) is 6.20 Å². The summed E-state index contributed by atoms with van der Waals surface area (Å²) in [7, 11) is 0. The number of rotatable bonds is 9. The van der Waals surface area contributed by atoms with Crippen molar-refractivity contribution in [3.63, 3.8) is 0 Å². The fraction of sp³-hybridized carbons (Fsp3) is 0.405. The molecule has 6 rings (SSSR count). The summed E-state index contributed by atoms with van der Waals surface area (Å²) in [6.45, 7) is 10.1. The second-order valence-corrected chi connectivity index (χ2v) is 12.9. The minimum absolute atomic E-state index is 0. The van der Waals surface area contributed by atoms with Gasteiger partial charge >= 0.3 is 0 Å². The molecule has 0 amide bonds. The first-order chi connectivity index (χ1) is 22.6. The smallest absolute Gasteiger partial charge is 0.248 e. The van der Waals surface area contributed by atoms with E-state index in [0.29, 0.717) is 12.8 Å². The van der Waals surface area contributed by atoms with Gasteiger partial charge in [0.2, 0.25) is 5.92 Å². The summed E-state index contributed by atoms with van der Waals surface area (Å²) in [5, 5.41) is 14.0. The summed E-state index contributed by atoms with van der Waals surface area (Å²) in [6.07, 6.45) is 7.72. The van der Waals surface area contributed by atoms with Gasteiger partial charge in [-0.25, -0.2) is 8.78 Å². The molecule has 0 saturated heterocycles. The number of benzene rings is 3.